The largest absolute Gasteiger partial charge is 0.115 e. The maximum atomic E-state index is 5.40. The van der Waals surface area contributed by atoms with Gasteiger partial charge in [0.2, 0.25) is 0 Å². The van der Waals surface area contributed by atoms with Crippen LogP contribution < -0.4 is 0 Å². The van der Waals surface area contributed by atoms with Gasteiger partial charge in [-0.3, -0.25) is 0 Å². The first-order valence-corrected chi connectivity index (χ1v) is 3.94. The summed E-state index contributed by atoms with van der Waals surface area (Å²) < 4.78 is 0. The van der Waals surface area contributed by atoms with Gasteiger partial charge in [-0.25, -0.2) is 0 Å². The maximum absolute atomic E-state index is 5.40. The molecule has 11 heavy (non-hydrogen) atoms. The van der Waals surface area contributed by atoms with Crippen molar-refractivity contribution < 1.29 is 0 Å². The van der Waals surface area contributed by atoms with Gasteiger partial charge in [0.15, 0.2) is 0 Å². The lowest BCUT2D eigenvalue weighted by molar-refractivity contribution is 0.816. The van der Waals surface area contributed by atoms with Gasteiger partial charge in [0.05, 0.1) is 0 Å². The van der Waals surface area contributed by atoms with E-state index in [2.05, 4.69) is 33.6 Å². The molecule has 0 saturated heterocycles. The monoisotopic (exact) mass is 146 g/mol. The summed E-state index contributed by atoms with van der Waals surface area (Å²) in [7, 11) is 0. The van der Waals surface area contributed by atoms with E-state index in [1.54, 1.807) is 0 Å². The Balaban J connectivity index is 3.20. The first-order valence-electron chi connectivity index (χ1n) is 3.94. The molecule has 0 heterocycles. The van der Waals surface area contributed by atoms with Crippen molar-refractivity contribution in [3.8, 4) is 12.3 Å². The van der Waals surface area contributed by atoms with Crippen molar-refractivity contribution in [3.05, 3.63) is 22.3 Å². The molecule has 0 N–H and O–H groups in total. The smallest absolute Gasteiger partial charge is 0.0266 e. The van der Waals surface area contributed by atoms with Gasteiger partial charge < -0.3 is 0 Å². The average molecular weight is 146 g/mol. The number of hydrogen-bond donors (Lipinski definition) is 0. The van der Waals surface area contributed by atoms with Crippen LogP contribution in [0.4, 0.5) is 0 Å². The van der Waals surface area contributed by atoms with E-state index >= 15 is 0 Å². The fraction of sp³-hybridized carbons (Fsp3) is 0.455. The summed E-state index contributed by atoms with van der Waals surface area (Å²) in [5, 5.41) is 0. The second-order valence-corrected chi connectivity index (χ2v) is 3.23. The Labute approximate surface area is 69.0 Å². The number of allylic oxidation sites excluding steroid dienone is 4. The second-order valence-electron chi connectivity index (χ2n) is 3.23. The molecule has 0 aromatic carbocycles. The summed E-state index contributed by atoms with van der Waals surface area (Å²) in [6.45, 7) is 8.60. The summed E-state index contributed by atoms with van der Waals surface area (Å²) in [5.41, 5.74) is 5.20. The van der Waals surface area contributed by atoms with Crippen LogP contribution in [0.25, 0.3) is 0 Å². The fourth-order valence-electron chi connectivity index (χ4n) is 1.58. The van der Waals surface area contributed by atoms with Crippen LogP contribution in [0, 0.1) is 18.3 Å². The van der Waals surface area contributed by atoms with E-state index in [1.807, 2.05) is 0 Å². The van der Waals surface area contributed by atoms with Crippen LogP contribution in [0.2, 0.25) is 0 Å². The highest BCUT2D eigenvalue weighted by Gasteiger charge is 2.21. The first kappa shape index (κ1) is 8.14. The number of rotatable bonds is 0. The van der Waals surface area contributed by atoms with Crippen molar-refractivity contribution in [2.75, 3.05) is 0 Å². The van der Waals surface area contributed by atoms with Crippen LogP contribution in [-0.4, -0.2) is 0 Å². The van der Waals surface area contributed by atoms with Gasteiger partial charge in [-0.05, 0) is 32.3 Å². The van der Waals surface area contributed by atoms with Gasteiger partial charge in [-0.15, -0.1) is 6.42 Å². The molecule has 1 rings (SSSR count). The molecule has 0 nitrogen and oxygen atoms in total. The predicted molar refractivity (Wildman–Crippen MR) is 49.1 cm³/mol. The van der Waals surface area contributed by atoms with Crippen LogP contribution in [0.3, 0.4) is 0 Å². The molecule has 1 unspecified atom stereocenters. The molecule has 1 aliphatic carbocycles. The zero-order valence-electron chi connectivity index (χ0n) is 7.65. The molecule has 0 aliphatic heterocycles. The molecule has 0 spiro atoms. The standard InChI is InChI=1S/C11H14/c1-6-11-9(4)7(2)8(3)10(11)5/h1,7H,2-5H3. The van der Waals surface area contributed by atoms with Crippen LogP contribution in [0.5, 0.6) is 0 Å². The van der Waals surface area contributed by atoms with E-state index in [0.29, 0.717) is 5.92 Å². The van der Waals surface area contributed by atoms with E-state index in [1.165, 1.54) is 16.7 Å². The lowest BCUT2D eigenvalue weighted by atomic mass is 10.00. The Morgan fingerprint density at radius 3 is 1.91 bits per heavy atom. The van der Waals surface area contributed by atoms with Crippen LogP contribution in [-0.2, 0) is 0 Å². The van der Waals surface area contributed by atoms with Crippen molar-refractivity contribution in [3.63, 3.8) is 0 Å². The molecular weight excluding hydrogens is 132 g/mol. The summed E-state index contributed by atoms with van der Waals surface area (Å²) in [6.07, 6.45) is 5.40. The Morgan fingerprint density at radius 1 is 1.18 bits per heavy atom. The molecule has 58 valence electrons. The highest BCUT2D eigenvalue weighted by Crippen LogP contribution is 2.35. The summed E-state index contributed by atoms with van der Waals surface area (Å²) in [6, 6.07) is 0. The van der Waals surface area contributed by atoms with E-state index in [-0.39, 0.29) is 0 Å². The van der Waals surface area contributed by atoms with Gasteiger partial charge in [-0.2, -0.15) is 0 Å². The van der Waals surface area contributed by atoms with Gasteiger partial charge in [-0.1, -0.05) is 24.0 Å². The highest BCUT2D eigenvalue weighted by molar-refractivity contribution is 5.55. The molecule has 0 bridgehead atoms. The minimum Gasteiger partial charge on any atom is -0.115 e. The zero-order valence-corrected chi connectivity index (χ0v) is 7.65. The molecule has 0 saturated carbocycles. The van der Waals surface area contributed by atoms with Crippen molar-refractivity contribution in [1.82, 2.24) is 0 Å². The summed E-state index contributed by atoms with van der Waals surface area (Å²) >= 11 is 0. The van der Waals surface area contributed by atoms with Crippen LogP contribution >= 0.6 is 0 Å². The maximum Gasteiger partial charge on any atom is 0.0266 e. The number of hydrogen-bond acceptors (Lipinski definition) is 0. The third-order valence-electron chi connectivity index (χ3n) is 2.80. The Bertz CT molecular complexity index is 282. The molecule has 0 heteroatoms. The molecule has 1 atom stereocenters. The minimum absolute atomic E-state index is 0.557. The van der Waals surface area contributed by atoms with Crippen LogP contribution in [0.1, 0.15) is 27.7 Å². The molecular formula is C11H14. The van der Waals surface area contributed by atoms with Gasteiger partial charge in [0.25, 0.3) is 0 Å². The Kier molecular flexibility index (Phi) is 1.91. The van der Waals surface area contributed by atoms with Crippen molar-refractivity contribution in [2.45, 2.75) is 27.7 Å². The van der Waals surface area contributed by atoms with E-state index < -0.39 is 0 Å². The summed E-state index contributed by atoms with van der Waals surface area (Å²) in [5.74, 6) is 3.30. The van der Waals surface area contributed by atoms with Gasteiger partial charge >= 0.3 is 0 Å². The topological polar surface area (TPSA) is 0 Å². The Hall–Kier alpha value is -0.960. The van der Waals surface area contributed by atoms with E-state index in [4.69, 9.17) is 6.42 Å². The van der Waals surface area contributed by atoms with Gasteiger partial charge in [0, 0.05) is 5.57 Å². The fourth-order valence-corrected chi connectivity index (χ4v) is 1.58. The lowest BCUT2D eigenvalue weighted by Gasteiger charge is -2.05. The first-order chi connectivity index (χ1) is 5.09. The summed E-state index contributed by atoms with van der Waals surface area (Å²) in [4.78, 5) is 0. The van der Waals surface area contributed by atoms with E-state index in [9.17, 15) is 0 Å². The molecule has 0 fully saturated rings. The second kappa shape index (κ2) is 2.58. The molecule has 0 aromatic heterocycles. The number of terminal acetylenes is 1. The van der Waals surface area contributed by atoms with Crippen LogP contribution in [0.15, 0.2) is 22.3 Å². The van der Waals surface area contributed by atoms with Crippen molar-refractivity contribution in [2.24, 2.45) is 5.92 Å². The Morgan fingerprint density at radius 2 is 1.73 bits per heavy atom. The van der Waals surface area contributed by atoms with Gasteiger partial charge in [0.1, 0.15) is 0 Å². The highest BCUT2D eigenvalue weighted by atomic mass is 14.2. The SMILES string of the molecule is C#CC1=C(C)C(C)C(C)=C1C. The molecule has 0 amide bonds. The molecule has 0 radical (unpaired) electrons. The minimum atomic E-state index is 0.557. The normalized spacial score (nSPS) is 24.5. The average Bonchev–Trinajstić information content (AvgIpc) is 2.17. The molecule has 1 aliphatic rings. The lowest BCUT2D eigenvalue weighted by Crippen LogP contribution is -1.92. The quantitative estimate of drug-likeness (QED) is 0.461. The third-order valence-corrected chi connectivity index (χ3v) is 2.80. The van der Waals surface area contributed by atoms with E-state index in [0.717, 1.165) is 5.57 Å². The predicted octanol–water partition coefficient (Wildman–Crippen LogP) is 2.92. The zero-order chi connectivity index (χ0) is 8.59. The molecule has 0 aromatic rings. The van der Waals surface area contributed by atoms with Crippen molar-refractivity contribution in [1.29, 1.82) is 0 Å². The van der Waals surface area contributed by atoms with Crippen molar-refractivity contribution >= 4 is 0 Å². The third kappa shape index (κ3) is 1.01.